The Morgan fingerprint density at radius 1 is 1.31 bits per heavy atom. The van der Waals surface area contributed by atoms with Gasteiger partial charge in [-0.2, -0.15) is 0 Å². The predicted molar refractivity (Wildman–Crippen MR) is 71.8 cm³/mol. The molecular weight excluding hydrogens is 308 g/mol. The van der Waals surface area contributed by atoms with Gasteiger partial charge in [0, 0.05) is 19.3 Å². The molecule has 0 aromatic carbocycles. The summed E-state index contributed by atoms with van der Waals surface area (Å²) in [5, 5.41) is 6.02. The fourth-order valence-corrected chi connectivity index (χ4v) is 2.62. The Bertz CT molecular complexity index is 455. The molecule has 84 valence electrons. The Morgan fingerprint density at radius 3 is 2.75 bits per heavy atom. The number of hydrogen-bond acceptors (Lipinski definition) is 3. The molecule has 0 saturated heterocycles. The van der Waals surface area contributed by atoms with E-state index in [2.05, 4.69) is 37.7 Å². The highest BCUT2D eigenvalue weighted by molar-refractivity contribution is 9.11. The molecule has 2 aromatic heterocycles. The molecule has 2 nitrogen and oxygen atoms in total. The van der Waals surface area contributed by atoms with Gasteiger partial charge in [-0.1, -0.05) is 17.7 Å². The molecule has 0 fully saturated rings. The largest absolute Gasteiger partial charge is 0.309 e. The summed E-state index contributed by atoms with van der Waals surface area (Å²) >= 11 is 10.9. The van der Waals surface area contributed by atoms with Crippen molar-refractivity contribution >= 4 is 38.9 Å². The SMILES string of the molecule is Clc1ccc(CNCc2csc(Br)c2)cn1. The molecule has 0 aliphatic rings. The maximum absolute atomic E-state index is 5.71. The van der Waals surface area contributed by atoms with Crippen LogP contribution in [0.1, 0.15) is 11.1 Å². The Hall–Kier alpha value is -0.420. The minimum Gasteiger partial charge on any atom is -0.309 e. The second-order valence-corrected chi connectivity index (χ2v) is 6.03. The van der Waals surface area contributed by atoms with Gasteiger partial charge in [-0.25, -0.2) is 4.98 Å². The van der Waals surface area contributed by atoms with Crippen LogP contribution in [-0.2, 0) is 13.1 Å². The molecule has 0 unspecified atom stereocenters. The highest BCUT2D eigenvalue weighted by Crippen LogP contribution is 2.20. The Labute approximate surface area is 112 Å². The fraction of sp³-hybridized carbons (Fsp3) is 0.182. The van der Waals surface area contributed by atoms with Crippen LogP contribution in [0.5, 0.6) is 0 Å². The maximum Gasteiger partial charge on any atom is 0.129 e. The first-order valence-electron chi connectivity index (χ1n) is 4.78. The van der Waals surface area contributed by atoms with Gasteiger partial charge in [0.25, 0.3) is 0 Å². The van der Waals surface area contributed by atoms with Crippen LogP contribution >= 0.6 is 38.9 Å². The number of pyridine rings is 1. The van der Waals surface area contributed by atoms with Gasteiger partial charge in [0.1, 0.15) is 5.15 Å². The van der Waals surface area contributed by atoms with Crippen molar-refractivity contribution in [3.63, 3.8) is 0 Å². The van der Waals surface area contributed by atoms with Crippen molar-refractivity contribution in [2.45, 2.75) is 13.1 Å². The van der Waals surface area contributed by atoms with Gasteiger partial charge >= 0.3 is 0 Å². The highest BCUT2D eigenvalue weighted by Gasteiger charge is 1.97. The first-order chi connectivity index (χ1) is 7.74. The standard InChI is InChI=1S/C11H10BrClN2S/c12-10-3-9(7-16-10)5-14-4-8-1-2-11(13)15-6-8/h1-3,6-7,14H,4-5H2. The lowest BCUT2D eigenvalue weighted by Gasteiger charge is -2.02. The normalized spacial score (nSPS) is 10.6. The molecule has 1 N–H and O–H groups in total. The van der Waals surface area contributed by atoms with Crippen molar-refractivity contribution in [1.29, 1.82) is 0 Å². The van der Waals surface area contributed by atoms with Gasteiger partial charge in [0.15, 0.2) is 0 Å². The molecule has 0 amide bonds. The van der Waals surface area contributed by atoms with E-state index in [4.69, 9.17) is 11.6 Å². The maximum atomic E-state index is 5.71. The molecule has 5 heteroatoms. The number of hydrogen-bond donors (Lipinski definition) is 1. The molecule has 0 aliphatic heterocycles. The lowest BCUT2D eigenvalue weighted by molar-refractivity contribution is 0.693. The van der Waals surface area contributed by atoms with E-state index in [1.54, 1.807) is 23.6 Å². The number of thiophene rings is 1. The van der Waals surface area contributed by atoms with Crippen molar-refractivity contribution < 1.29 is 0 Å². The van der Waals surface area contributed by atoms with Crippen LogP contribution in [0.4, 0.5) is 0 Å². The minimum atomic E-state index is 0.533. The zero-order valence-electron chi connectivity index (χ0n) is 8.41. The Morgan fingerprint density at radius 2 is 2.12 bits per heavy atom. The van der Waals surface area contributed by atoms with E-state index in [1.165, 1.54) is 5.56 Å². The molecular formula is C11H10BrClN2S. The highest BCUT2D eigenvalue weighted by atomic mass is 79.9. The lowest BCUT2D eigenvalue weighted by Crippen LogP contribution is -2.12. The summed E-state index contributed by atoms with van der Waals surface area (Å²) in [4.78, 5) is 4.03. The fourth-order valence-electron chi connectivity index (χ4n) is 1.30. The number of nitrogens with zero attached hydrogens (tertiary/aromatic N) is 1. The van der Waals surface area contributed by atoms with Crippen molar-refractivity contribution in [1.82, 2.24) is 10.3 Å². The third-order valence-electron chi connectivity index (χ3n) is 2.07. The quantitative estimate of drug-likeness (QED) is 0.866. The van der Waals surface area contributed by atoms with E-state index in [0.717, 1.165) is 22.4 Å². The van der Waals surface area contributed by atoms with Crippen molar-refractivity contribution in [2.24, 2.45) is 0 Å². The molecule has 0 bridgehead atoms. The van der Waals surface area contributed by atoms with Crippen LogP contribution in [0.15, 0.2) is 33.6 Å². The van der Waals surface area contributed by atoms with Gasteiger partial charge in [-0.05, 0) is 44.6 Å². The molecule has 0 atom stereocenters. The smallest absolute Gasteiger partial charge is 0.129 e. The summed E-state index contributed by atoms with van der Waals surface area (Å²) in [5.41, 5.74) is 2.43. The Kier molecular flexibility index (Phi) is 4.35. The third kappa shape index (κ3) is 3.56. The van der Waals surface area contributed by atoms with E-state index in [0.29, 0.717) is 5.15 Å². The zero-order valence-corrected chi connectivity index (χ0v) is 11.6. The van der Waals surface area contributed by atoms with Crippen LogP contribution in [0.2, 0.25) is 5.15 Å². The minimum absolute atomic E-state index is 0.533. The average Bonchev–Trinajstić information content (AvgIpc) is 2.67. The van der Waals surface area contributed by atoms with E-state index in [-0.39, 0.29) is 0 Å². The lowest BCUT2D eigenvalue weighted by atomic mass is 10.3. The molecule has 2 heterocycles. The summed E-state index contributed by atoms with van der Waals surface area (Å²) in [7, 11) is 0. The Balaban J connectivity index is 1.82. The molecule has 2 rings (SSSR count). The summed E-state index contributed by atoms with van der Waals surface area (Å²) in [6, 6.07) is 5.91. The molecule has 0 aliphatic carbocycles. The van der Waals surface area contributed by atoms with Crippen molar-refractivity contribution in [2.75, 3.05) is 0 Å². The number of rotatable bonds is 4. The van der Waals surface area contributed by atoms with E-state index >= 15 is 0 Å². The van der Waals surface area contributed by atoms with Crippen LogP contribution in [-0.4, -0.2) is 4.98 Å². The molecule has 2 aromatic rings. The second kappa shape index (κ2) is 5.77. The van der Waals surface area contributed by atoms with Crippen LogP contribution in [0, 0.1) is 0 Å². The number of nitrogens with one attached hydrogen (secondary N) is 1. The van der Waals surface area contributed by atoms with Crippen molar-refractivity contribution in [3.05, 3.63) is 49.8 Å². The molecule has 16 heavy (non-hydrogen) atoms. The summed E-state index contributed by atoms with van der Waals surface area (Å²) in [6.07, 6.45) is 1.79. The zero-order chi connectivity index (χ0) is 11.4. The van der Waals surface area contributed by atoms with Gasteiger partial charge in [0.05, 0.1) is 3.79 Å². The number of aromatic nitrogens is 1. The summed E-state index contributed by atoms with van der Waals surface area (Å²) in [5.74, 6) is 0. The van der Waals surface area contributed by atoms with E-state index < -0.39 is 0 Å². The first kappa shape index (κ1) is 12.0. The van der Waals surface area contributed by atoms with E-state index in [1.807, 2.05) is 6.07 Å². The van der Waals surface area contributed by atoms with Gasteiger partial charge < -0.3 is 5.32 Å². The van der Waals surface area contributed by atoms with Gasteiger partial charge in [-0.15, -0.1) is 11.3 Å². The third-order valence-corrected chi connectivity index (χ3v) is 3.85. The topological polar surface area (TPSA) is 24.9 Å². The van der Waals surface area contributed by atoms with Crippen LogP contribution < -0.4 is 5.32 Å². The predicted octanol–water partition coefficient (Wildman–Crippen LogP) is 3.85. The van der Waals surface area contributed by atoms with Gasteiger partial charge in [0.2, 0.25) is 0 Å². The summed E-state index contributed by atoms with van der Waals surface area (Å²) in [6.45, 7) is 1.67. The van der Waals surface area contributed by atoms with Crippen LogP contribution in [0.25, 0.3) is 0 Å². The molecule has 0 saturated carbocycles. The van der Waals surface area contributed by atoms with Crippen LogP contribution in [0.3, 0.4) is 0 Å². The average molecular weight is 318 g/mol. The second-order valence-electron chi connectivity index (χ2n) is 3.35. The number of halogens is 2. The molecule has 0 spiro atoms. The van der Waals surface area contributed by atoms with E-state index in [9.17, 15) is 0 Å². The summed E-state index contributed by atoms with van der Waals surface area (Å²) < 4.78 is 1.16. The first-order valence-corrected chi connectivity index (χ1v) is 6.83. The monoisotopic (exact) mass is 316 g/mol. The van der Waals surface area contributed by atoms with Gasteiger partial charge in [-0.3, -0.25) is 0 Å². The molecule has 0 radical (unpaired) electrons. The van der Waals surface area contributed by atoms with Crippen molar-refractivity contribution in [3.8, 4) is 0 Å².